The fraction of sp³-hybridized carbons (Fsp3) is 0.389. The summed E-state index contributed by atoms with van der Waals surface area (Å²) in [6.07, 6.45) is 1.55. The summed E-state index contributed by atoms with van der Waals surface area (Å²) in [6.45, 7) is 6.18. The maximum Gasteiger partial charge on any atom is 0.257 e. The van der Waals surface area contributed by atoms with E-state index in [0.717, 1.165) is 12.5 Å². The van der Waals surface area contributed by atoms with Crippen molar-refractivity contribution >= 4 is 23.1 Å². The number of nitrogens with zero attached hydrogens (tertiary/aromatic N) is 2. The molecule has 1 aromatic heterocycles. The third-order valence-corrected chi connectivity index (χ3v) is 4.49. The molecule has 1 saturated carbocycles. The third-order valence-electron chi connectivity index (χ3n) is 4.18. The summed E-state index contributed by atoms with van der Waals surface area (Å²) >= 11 is 5.59. The minimum Gasteiger partial charge on any atom is -0.484 e. The van der Waals surface area contributed by atoms with Gasteiger partial charge in [0.1, 0.15) is 11.6 Å². The Bertz CT molecular complexity index is 824. The van der Waals surface area contributed by atoms with Gasteiger partial charge in [0, 0.05) is 24.1 Å². The Morgan fingerprint density at radius 1 is 1.50 bits per heavy atom. The second-order valence-corrected chi connectivity index (χ2v) is 6.74. The lowest BCUT2D eigenvalue weighted by Gasteiger charge is -2.08. The fourth-order valence-electron chi connectivity index (χ4n) is 2.42. The molecule has 0 aliphatic heterocycles. The van der Waals surface area contributed by atoms with Gasteiger partial charge in [0.05, 0.1) is 5.02 Å². The Labute approximate surface area is 155 Å². The van der Waals surface area contributed by atoms with Crippen molar-refractivity contribution in [3.63, 3.8) is 0 Å². The predicted octanol–water partition coefficient (Wildman–Crippen LogP) is 3.58. The highest BCUT2D eigenvalue weighted by Gasteiger charge is 2.38. The zero-order valence-electron chi connectivity index (χ0n) is 14.3. The molecule has 8 heteroatoms. The van der Waals surface area contributed by atoms with Gasteiger partial charge in [0.25, 0.3) is 5.91 Å². The van der Waals surface area contributed by atoms with Crippen molar-refractivity contribution in [3.8, 4) is 5.75 Å². The van der Waals surface area contributed by atoms with E-state index < -0.39 is 5.82 Å². The Kier molecular flexibility index (Phi) is 5.56. The predicted molar refractivity (Wildman–Crippen MR) is 94.4 cm³/mol. The third kappa shape index (κ3) is 4.60. The number of hydrogen-bond donors (Lipinski definition) is 1. The lowest BCUT2D eigenvalue weighted by atomic mass is 10.2. The van der Waals surface area contributed by atoms with Gasteiger partial charge in [-0.25, -0.2) is 4.39 Å². The van der Waals surface area contributed by atoms with E-state index in [1.165, 1.54) is 12.1 Å². The first-order valence-electron chi connectivity index (χ1n) is 8.30. The zero-order chi connectivity index (χ0) is 18.7. The number of rotatable bonds is 8. The van der Waals surface area contributed by atoms with Crippen LogP contribution in [0.25, 0.3) is 5.57 Å². The van der Waals surface area contributed by atoms with Gasteiger partial charge in [0.15, 0.2) is 6.61 Å². The average Bonchev–Trinajstić information content (AvgIpc) is 3.14. The minimum absolute atomic E-state index is 0.000592. The number of hydrogen-bond acceptors (Lipinski definition) is 5. The molecule has 3 rings (SSSR count). The van der Waals surface area contributed by atoms with Crippen molar-refractivity contribution in [1.82, 2.24) is 15.5 Å². The van der Waals surface area contributed by atoms with Crippen LogP contribution in [0.15, 0.2) is 29.2 Å². The van der Waals surface area contributed by atoms with Gasteiger partial charge < -0.3 is 14.5 Å². The summed E-state index contributed by atoms with van der Waals surface area (Å²) in [5, 5.41) is 10.7. The Morgan fingerprint density at radius 2 is 2.27 bits per heavy atom. The molecule has 0 spiro atoms. The van der Waals surface area contributed by atoms with Gasteiger partial charge in [0.2, 0.25) is 11.8 Å². The molecule has 1 fully saturated rings. The van der Waals surface area contributed by atoms with Crippen LogP contribution < -0.4 is 10.1 Å². The van der Waals surface area contributed by atoms with Crippen LogP contribution in [0.2, 0.25) is 5.02 Å². The van der Waals surface area contributed by atoms with Gasteiger partial charge in [-0.15, -0.1) is 10.2 Å². The zero-order valence-corrected chi connectivity index (χ0v) is 15.1. The first-order valence-corrected chi connectivity index (χ1v) is 8.68. The molecule has 0 unspecified atom stereocenters. The Morgan fingerprint density at radius 3 is 2.96 bits per heavy atom. The SMILES string of the molecule is C=C(CCNC(=O)COc1ccc(Cl)c(F)c1)c1nnc([C@@H]2C[C@H]2C)o1. The Hall–Kier alpha value is -2.41. The van der Waals surface area contributed by atoms with Gasteiger partial charge in [-0.1, -0.05) is 25.1 Å². The topological polar surface area (TPSA) is 77.2 Å². The summed E-state index contributed by atoms with van der Waals surface area (Å²) < 4.78 is 24.1. The fourth-order valence-corrected chi connectivity index (χ4v) is 2.54. The first kappa shape index (κ1) is 18.4. The first-order chi connectivity index (χ1) is 12.4. The lowest BCUT2D eigenvalue weighted by molar-refractivity contribution is -0.123. The van der Waals surface area contributed by atoms with Crippen LogP contribution in [0.5, 0.6) is 5.75 Å². The van der Waals surface area contributed by atoms with E-state index in [9.17, 15) is 9.18 Å². The highest BCUT2D eigenvalue weighted by atomic mass is 35.5. The van der Waals surface area contributed by atoms with Gasteiger partial charge >= 0.3 is 0 Å². The lowest BCUT2D eigenvalue weighted by Crippen LogP contribution is -2.29. The van der Waals surface area contributed by atoms with E-state index in [1.807, 2.05) is 0 Å². The summed E-state index contributed by atoms with van der Waals surface area (Å²) in [6, 6.07) is 3.99. The molecule has 1 aliphatic rings. The van der Waals surface area contributed by atoms with E-state index >= 15 is 0 Å². The van der Waals surface area contributed by atoms with E-state index in [0.29, 0.717) is 42.2 Å². The standard InChI is InChI=1S/C18H19ClFN3O3/c1-10(17-22-23-18(26-17)13-7-11(13)2)5-6-21-16(24)9-25-12-3-4-14(19)15(20)8-12/h3-4,8,11,13H,1,5-7,9H2,2H3,(H,21,24)/t11-,13-/m1/s1. The second-order valence-electron chi connectivity index (χ2n) is 6.33. The monoisotopic (exact) mass is 379 g/mol. The number of carbonyl (C=O) groups is 1. The molecule has 0 radical (unpaired) electrons. The Balaban J connectivity index is 1.38. The molecule has 0 bridgehead atoms. The van der Waals surface area contributed by atoms with Crippen LogP contribution in [0.4, 0.5) is 4.39 Å². The molecular weight excluding hydrogens is 361 g/mol. The van der Waals surface area contributed by atoms with Crippen LogP contribution in [-0.4, -0.2) is 29.3 Å². The van der Waals surface area contributed by atoms with Crippen LogP contribution in [0.1, 0.15) is 37.5 Å². The molecule has 6 nitrogen and oxygen atoms in total. The molecule has 1 heterocycles. The average molecular weight is 380 g/mol. The second kappa shape index (κ2) is 7.86. The number of amides is 1. The van der Waals surface area contributed by atoms with Crippen molar-refractivity contribution in [2.24, 2.45) is 5.92 Å². The maximum absolute atomic E-state index is 13.3. The largest absolute Gasteiger partial charge is 0.484 e. The number of benzene rings is 1. The van der Waals surface area contributed by atoms with Crippen LogP contribution >= 0.6 is 11.6 Å². The highest BCUT2D eigenvalue weighted by molar-refractivity contribution is 6.30. The van der Waals surface area contributed by atoms with Crippen molar-refractivity contribution in [2.45, 2.75) is 25.7 Å². The van der Waals surface area contributed by atoms with Crippen molar-refractivity contribution in [3.05, 3.63) is 47.4 Å². The van der Waals surface area contributed by atoms with Crippen LogP contribution in [0.3, 0.4) is 0 Å². The number of nitrogens with one attached hydrogen (secondary N) is 1. The van der Waals surface area contributed by atoms with E-state index in [2.05, 4.69) is 29.0 Å². The molecule has 1 aliphatic carbocycles. The highest BCUT2D eigenvalue weighted by Crippen LogP contribution is 2.46. The number of carbonyl (C=O) groups excluding carboxylic acids is 1. The summed E-state index contributed by atoms with van der Waals surface area (Å²) in [5.41, 5.74) is 0.665. The smallest absolute Gasteiger partial charge is 0.257 e. The van der Waals surface area contributed by atoms with Gasteiger partial charge in [-0.2, -0.15) is 0 Å². The van der Waals surface area contributed by atoms with Gasteiger partial charge in [-0.3, -0.25) is 4.79 Å². The van der Waals surface area contributed by atoms with Crippen LogP contribution in [0, 0.1) is 11.7 Å². The summed E-state index contributed by atoms with van der Waals surface area (Å²) in [4.78, 5) is 11.8. The number of aromatic nitrogens is 2. The minimum atomic E-state index is -0.597. The molecule has 1 amide bonds. The number of ether oxygens (including phenoxy) is 1. The molecule has 0 saturated heterocycles. The van der Waals surface area contributed by atoms with E-state index in [-0.39, 0.29) is 23.3 Å². The maximum atomic E-state index is 13.3. The van der Waals surface area contributed by atoms with E-state index in [4.69, 9.17) is 20.8 Å². The van der Waals surface area contributed by atoms with E-state index in [1.54, 1.807) is 0 Å². The quantitative estimate of drug-likeness (QED) is 0.758. The summed E-state index contributed by atoms with van der Waals surface area (Å²) in [5.74, 6) is 1.32. The normalized spacial score (nSPS) is 18.4. The summed E-state index contributed by atoms with van der Waals surface area (Å²) in [7, 11) is 0. The molecule has 2 aromatic rings. The van der Waals surface area contributed by atoms with Gasteiger partial charge in [-0.05, 0) is 30.9 Å². The van der Waals surface area contributed by atoms with Crippen molar-refractivity contribution in [2.75, 3.05) is 13.2 Å². The van der Waals surface area contributed by atoms with Crippen LogP contribution in [-0.2, 0) is 4.79 Å². The molecule has 1 N–H and O–H groups in total. The molecule has 1 aromatic carbocycles. The molecule has 26 heavy (non-hydrogen) atoms. The number of halogens is 2. The molecule has 138 valence electrons. The van der Waals surface area contributed by atoms with Crippen molar-refractivity contribution < 1.29 is 18.3 Å². The molecule has 2 atom stereocenters. The van der Waals surface area contributed by atoms with Crippen molar-refractivity contribution in [1.29, 1.82) is 0 Å². The molecular formula is C18H19ClFN3O3.